The lowest BCUT2D eigenvalue weighted by Gasteiger charge is -2.18. The Balaban J connectivity index is 1.85. The first kappa shape index (κ1) is 14.6. The highest BCUT2D eigenvalue weighted by Crippen LogP contribution is 2.28. The minimum absolute atomic E-state index is 0.260. The van der Waals surface area contributed by atoms with Gasteiger partial charge in [0.2, 0.25) is 0 Å². The number of ether oxygens (including phenoxy) is 1. The third-order valence-electron chi connectivity index (χ3n) is 4.13. The highest BCUT2D eigenvalue weighted by Gasteiger charge is 2.16. The molecule has 1 aliphatic rings. The van der Waals surface area contributed by atoms with Gasteiger partial charge in [-0.15, -0.1) is 0 Å². The van der Waals surface area contributed by atoms with Crippen molar-refractivity contribution in [1.82, 2.24) is 5.32 Å². The molecular weight excluding hydrogens is 282 g/mol. The fourth-order valence-electron chi connectivity index (χ4n) is 2.83. The topological polar surface area (TPSA) is 21.3 Å². The van der Waals surface area contributed by atoms with Crippen LogP contribution in [0.15, 0.2) is 36.4 Å². The number of benzene rings is 2. The second kappa shape index (κ2) is 6.18. The number of fused-ring (bicyclic) bond motifs is 1. The van der Waals surface area contributed by atoms with Crippen LogP contribution in [0, 0.1) is 6.92 Å². The molecule has 1 aliphatic heterocycles. The van der Waals surface area contributed by atoms with Crippen molar-refractivity contribution in [1.29, 1.82) is 0 Å². The molecule has 0 amide bonds. The normalized spacial score (nSPS) is 15.0. The summed E-state index contributed by atoms with van der Waals surface area (Å²) in [7, 11) is 2.00. The van der Waals surface area contributed by atoms with Gasteiger partial charge < -0.3 is 10.1 Å². The van der Waals surface area contributed by atoms with Crippen molar-refractivity contribution in [3.05, 3.63) is 69.2 Å². The van der Waals surface area contributed by atoms with Gasteiger partial charge in [-0.25, -0.2) is 0 Å². The number of rotatable bonds is 4. The summed E-state index contributed by atoms with van der Waals surface area (Å²) in [5.74, 6) is 0. The number of likely N-dealkylation sites (N-methyl/N-ethyl adjacent to an activating group) is 1. The molecule has 2 aromatic rings. The SMILES string of the molecule is CNC(Cc1ccc(C)cc1Cl)c1ccc2c(c1)COC2. The maximum absolute atomic E-state index is 6.36. The molecule has 0 fully saturated rings. The summed E-state index contributed by atoms with van der Waals surface area (Å²) in [6.07, 6.45) is 0.884. The van der Waals surface area contributed by atoms with Crippen molar-refractivity contribution < 1.29 is 4.74 Å². The van der Waals surface area contributed by atoms with Crippen LogP contribution in [0.2, 0.25) is 5.02 Å². The predicted molar refractivity (Wildman–Crippen MR) is 86.6 cm³/mol. The average molecular weight is 302 g/mol. The molecule has 3 heteroatoms. The first-order valence-electron chi connectivity index (χ1n) is 7.29. The Morgan fingerprint density at radius 1 is 1.14 bits per heavy atom. The van der Waals surface area contributed by atoms with Crippen LogP contribution in [0.25, 0.3) is 0 Å². The van der Waals surface area contributed by atoms with E-state index in [2.05, 4.69) is 42.6 Å². The van der Waals surface area contributed by atoms with Crippen molar-refractivity contribution in [3.63, 3.8) is 0 Å². The van der Waals surface area contributed by atoms with Crippen LogP contribution in [-0.4, -0.2) is 7.05 Å². The van der Waals surface area contributed by atoms with Crippen LogP contribution in [0.5, 0.6) is 0 Å². The monoisotopic (exact) mass is 301 g/mol. The quantitative estimate of drug-likeness (QED) is 0.914. The Bertz CT molecular complexity index is 654. The lowest BCUT2D eigenvalue weighted by molar-refractivity contribution is 0.134. The highest BCUT2D eigenvalue weighted by molar-refractivity contribution is 6.31. The van der Waals surface area contributed by atoms with Gasteiger partial charge in [-0.2, -0.15) is 0 Å². The van der Waals surface area contributed by atoms with Gasteiger partial charge in [0, 0.05) is 11.1 Å². The molecule has 2 aromatic carbocycles. The van der Waals surface area contributed by atoms with E-state index in [1.165, 1.54) is 27.8 Å². The van der Waals surface area contributed by atoms with E-state index in [9.17, 15) is 0 Å². The minimum Gasteiger partial charge on any atom is -0.372 e. The van der Waals surface area contributed by atoms with E-state index in [0.717, 1.165) is 24.7 Å². The molecule has 3 rings (SSSR count). The molecule has 1 heterocycles. The van der Waals surface area contributed by atoms with Gasteiger partial charge >= 0.3 is 0 Å². The minimum atomic E-state index is 0.260. The third kappa shape index (κ3) is 3.13. The third-order valence-corrected chi connectivity index (χ3v) is 4.48. The number of hydrogen-bond donors (Lipinski definition) is 1. The largest absolute Gasteiger partial charge is 0.372 e. The van der Waals surface area contributed by atoms with Crippen molar-refractivity contribution in [2.75, 3.05) is 7.05 Å². The van der Waals surface area contributed by atoms with E-state index >= 15 is 0 Å². The zero-order valence-electron chi connectivity index (χ0n) is 12.4. The number of halogens is 1. The van der Waals surface area contributed by atoms with Gasteiger partial charge in [0.1, 0.15) is 0 Å². The zero-order chi connectivity index (χ0) is 14.8. The van der Waals surface area contributed by atoms with Gasteiger partial charge in [0.05, 0.1) is 13.2 Å². The molecule has 0 aromatic heterocycles. The van der Waals surface area contributed by atoms with E-state index in [1.54, 1.807) is 0 Å². The summed E-state index contributed by atoms with van der Waals surface area (Å²) in [5, 5.41) is 4.25. The molecule has 1 N–H and O–H groups in total. The van der Waals surface area contributed by atoms with Gasteiger partial charge in [0.25, 0.3) is 0 Å². The number of nitrogens with one attached hydrogen (secondary N) is 1. The molecule has 1 atom stereocenters. The Hall–Kier alpha value is -1.35. The highest BCUT2D eigenvalue weighted by atomic mass is 35.5. The van der Waals surface area contributed by atoms with E-state index in [-0.39, 0.29) is 6.04 Å². The lowest BCUT2D eigenvalue weighted by Crippen LogP contribution is -2.19. The molecule has 0 spiro atoms. The smallest absolute Gasteiger partial charge is 0.0725 e. The van der Waals surface area contributed by atoms with Crippen molar-refractivity contribution in [2.24, 2.45) is 0 Å². The van der Waals surface area contributed by atoms with Crippen LogP contribution in [0.1, 0.15) is 33.9 Å². The van der Waals surface area contributed by atoms with E-state index in [4.69, 9.17) is 16.3 Å². The van der Waals surface area contributed by atoms with E-state index in [0.29, 0.717) is 0 Å². The van der Waals surface area contributed by atoms with Gasteiger partial charge in [0.15, 0.2) is 0 Å². The predicted octanol–water partition coefficient (Wildman–Crippen LogP) is 4.18. The summed E-state index contributed by atoms with van der Waals surface area (Å²) < 4.78 is 5.49. The Morgan fingerprint density at radius 2 is 1.95 bits per heavy atom. The fraction of sp³-hybridized carbons (Fsp3) is 0.333. The molecule has 0 saturated heterocycles. The molecule has 0 bridgehead atoms. The van der Waals surface area contributed by atoms with Crippen molar-refractivity contribution in [2.45, 2.75) is 32.6 Å². The standard InChI is InChI=1S/C18H20ClNO/c1-12-3-4-13(17(19)7-12)9-18(20-2)14-5-6-15-10-21-11-16(15)8-14/h3-8,18,20H,9-11H2,1-2H3. The van der Waals surface area contributed by atoms with Gasteiger partial charge in [-0.3, -0.25) is 0 Å². The molecule has 0 saturated carbocycles. The molecule has 21 heavy (non-hydrogen) atoms. The summed E-state index contributed by atoms with van der Waals surface area (Å²) in [4.78, 5) is 0. The maximum atomic E-state index is 6.36. The second-order valence-corrected chi connectivity index (χ2v) is 6.07. The summed E-state index contributed by atoms with van der Waals surface area (Å²) in [6, 6.07) is 13.2. The van der Waals surface area contributed by atoms with Crippen LogP contribution < -0.4 is 5.32 Å². The first-order chi connectivity index (χ1) is 10.2. The van der Waals surface area contributed by atoms with Gasteiger partial charge in [-0.05, 0) is 54.3 Å². The maximum Gasteiger partial charge on any atom is 0.0725 e. The average Bonchev–Trinajstić information content (AvgIpc) is 2.94. The van der Waals surface area contributed by atoms with E-state index < -0.39 is 0 Å². The van der Waals surface area contributed by atoms with Crippen LogP contribution in [-0.2, 0) is 24.4 Å². The zero-order valence-corrected chi connectivity index (χ0v) is 13.2. The van der Waals surface area contributed by atoms with Crippen molar-refractivity contribution >= 4 is 11.6 Å². The van der Waals surface area contributed by atoms with Crippen LogP contribution >= 0.6 is 11.6 Å². The molecule has 0 aliphatic carbocycles. The second-order valence-electron chi connectivity index (χ2n) is 5.66. The fourth-order valence-corrected chi connectivity index (χ4v) is 3.15. The first-order valence-corrected chi connectivity index (χ1v) is 7.67. The van der Waals surface area contributed by atoms with Crippen LogP contribution in [0.3, 0.4) is 0 Å². The number of aryl methyl sites for hydroxylation is 1. The lowest BCUT2D eigenvalue weighted by atomic mass is 9.95. The molecular formula is C18H20ClNO. The summed E-state index contributed by atoms with van der Waals surface area (Å²) in [6.45, 7) is 3.53. The number of hydrogen-bond acceptors (Lipinski definition) is 2. The van der Waals surface area contributed by atoms with Crippen LogP contribution in [0.4, 0.5) is 0 Å². The van der Waals surface area contributed by atoms with Crippen molar-refractivity contribution in [3.8, 4) is 0 Å². The molecule has 0 radical (unpaired) electrons. The summed E-state index contributed by atoms with van der Waals surface area (Å²) >= 11 is 6.36. The Morgan fingerprint density at radius 3 is 2.71 bits per heavy atom. The van der Waals surface area contributed by atoms with E-state index in [1.807, 2.05) is 13.1 Å². The molecule has 110 valence electrons. The summed E-state index contributed by atoms with van der Waals surface area (Å²) in [5.41, 5.74) is 6.28. The molecule has 1 unspecified atom stereocenters. The van der Waals surface area contributed by atoms with Gasteiger partial charge in [-0.1, -0.05) is 41.9 Å². The molecule has 2 nitrogen and oxygen atoms in total. The Kier molecular flexibility index (Phi) is 4.29. The Labute approximate surface area is 131 Å².